The maximum absolute atomic E-state index is 12.9. The fourth-order valence-electron chi connectivity index (χ4n) is 2.52. The van der Waals surface area contributed by atoms with E-state index in [0.717, 1.165) is 0 Å². The van der Waals surface area contributed by atoms with Crippen molar-refractivity contribution < 1.29 is 14.7 Å². The molecule has 0 heterocycles. The Morgan fingerprint density at radius 3 is 2.00 bits per heavy atom. The van der Waals surface area contributed by atoms with Gasteiger partial charge in [0.25, 0.3) is 0 Å². The predicted octanol–water partition coefficient (Wildman–Crippen LogP) is 4.24. The average molecular weight is 346 g/mol. The number of alkyl halides is 1. The zero-order valence-corrected chi connectivity index (χ0v) is 14.4. The summed E-state index contributed by atoms with van der Waals surface area (Å²) in [6, 6.07) is 17.0. The summed E-state index contributed by atoms with van der Waals surface area (Å²) in [5, 5.41) is 9.87. The normalized spacial score (nSPS) is 13.3. The van der Waals surface area contributed by atoms with Gasteiger partial charge in [-0.3, -0.25) is 9.69 Å². The number of rotatable bonds is 6. The van der Waals surface area contributed by atoms with Crippen LogP contribution >= 0.6 is 11.6 Å². The van der Waals surface area contributed by atoms with Crippen LogP contribution < -0.4 is 4.90 Å². The molecule has 0 saturated carbocycles. The van der Waals surface area contributed by atoms with E-state index in [1.807, 2.05) is 13.8 Å². The summed E-state index contributed by atoms with van der Waals surface area (Å²) < 4.78 is 0. The highest BCUT2D eigenvalue weighted by atomic mass is 35.5. The second-order valence-electron chi connectivity index (χ2n) is 5.96. The molecule has 1 N–H and O–H groups in total. The number of para-hydroxylation sites is 1. The fraction of sp³-hybridized carbons (Fsp3) is 0.263. The summed E-state index contributed by atoms with van der Waals surface area (Å²) in [7, 11) is 0. The van der Waals surface area contributed by atoms with Crippen LogP contribution in [0.5, 0.6) is 0 Å². The van der Waals surface area contributed by atoms with Crippen molar-refractivity contribution in [2.24, 2.45) is 5.92 Å². The number of hydrogen-bond donors (Lipinski definition) is 1. The second kappa shape index (κ2) is 7.49. The molecule has 24 heavy (non-hydrogen) atoms. The van der Waals surface area contributed by atoms with Crippen LogP contribution in [0.25, 0.3) is 0 Å². The van der Waals surface area contributed by atoms with Crippen molar-refractivity contribution in [3.63, 3.8) is 0 Å². The van der Waals surface area contributed by atoms with Crippen LogP contribution in [-0.4, -0.2) is 17.0 Å². The van der Waals surface area contributed by atoms with Crippen molar-refractivity contribution in [1.29, 1.82) is 0 Å². The summed E-state index contributed by atoms with van der Waals surface area (Å²) in [6.07, 6.45) is 0.198. The molecule has 2 rings (SSSR count). The van der Waals surface area contributed by atoms with E-state index < -0.39 is 11.0 Å². The average Bonchev–Trinajstić information content (AvgIpc) is 2.55. The van der Waals surface area contributed by atoms with Gasteiger partial charge in [-0.2, -0.15) is 0 Å². The van der Waals surface area contributed by atoms with Gasteiger partial charge in [0.1, 0.15) is 0 Å². The van der Waals surface area contributed by atoms with Gasteiger partial charge in [-0.05, 0) is 18.1 Å². The molecule has 2 aromatic carbocycles. The van der Waals surface area contributed by atoms with Gasteiger partial charge < -0.3 is 5.11 Å². The van der Waals surface area contributed by atoms with Crippen LogP contribution in [0.15, 0.2) is 60.7 Å². The highest BCUT2D eigenvalue weighted by Gasteiger charge is 2.47. The number of carbonyl (C=O) groups excluding carboxylic acids is 1. The van der Waals surface area contributed by atoms with Gasteiger partial charge in [0.05, 0.1) is 0 Å². The quantitative estimate of drug-likeness (QED) is 0.629. The van der Waals surface area contributed by atoms with E-state index in [0.29, 0.717) is 11.3 Å². The predicted molar refractivity (Wildman–Crippen MR) is 95.0 cm³/mol. The summed E-state index contributed by atoms with van der Waals surface area (Å²) >= 11 is 6.58. The van der Waals surface area contributed by atoms with Crippen molar-refractivity contribution in [3.8, 4) is 0 Å². The Bertz CT molecular complexity index is 703. The molecule has 1 amide bonds. The van der Waals surface area contributed by atoms with E-state index in [4.69, 9.17) is 11.6 Å². The van der Waals surface area contributed by atoms with Crippen molar-refractivity contribution in [2.75, 3.05) is 4.90 Å². The minimum atomic E-state index is -2.01. The minimum Gasteiger partial charge on any atom is -0.478 e. The van der Waals surface area contributed by atoms with Crippen LogP contribution in [0.2, 0.25) is 0 Å². The van der Waals surface area contributed by atoms with Crippen molar-refractivity contribution >= 4 is 29.2 Å². The Labute approximate surface area is 146 Å². The number of carboxylic acids is 1. The van der Waals surface area contributed by atoms with Crippen LogP contribution in [0.3, 0.4) is 0 Å². The lowest BCUT2D eigenvalue weighted by molar-refractivity contribution is -0.142. The molecule has 0 aromatic heterocycles. The number of halogens is 1. The molecule has 5 heteroatoms. The zero-order chi connectivity index (χ0) is 17.7. The highest BCUT2D eigenvalue weighted by molar-refractivity contribution is 6.37. The molecule has 0 bridgehead atoms. The molecule has 1 unspecified atom stereocenters. The first-order valence-corrected chi connectivity index (χ1v) is 8.11. The number of anilines is 1. The third-order valence-electron chi connectivity index (χ3n) is 3.59. The Balaban J connectivity index is 2.62. The lowest BCUT2D eigenvalue weighted by Gasteiger charge is -2.36. The molecule has 4 nitrogen and oxygen atoms in total. The van der Waals surface area contributed by atoms with Crippen LogP contribution in [0, 0.1) is 5.92 Å². The Morgan fingerprint density at radius 2 is 1.54 bits per heavy atom. The molecule has 0 aliphatic rings. The first-order chi connectivity index (χ1) is 11.4. The van der Waals surface area contributed by atoms with E-state index in [-0.39, 0.29) is 18.2 Å². The van der Waals surface area contributed by atoms with E-state index in [1.165, 1.54) is 4.90 Å². The van der Waals surface area contributed by atoms with Crippen LogP contribution in [-0.2, 0) is 14.6 Å². The smallest absolute Gasteiger partial charge is 0.350 e. The molecule has 0 aliphatic carbocycles. The number of benzene rings is 2. The first kappa shape index (κ1) is 18.0. The van der Waals surface area contributed by atoms with E-state index >= 15 is 0 Å². The molecule has 0 radical (unpaired) electrons. The largest absolute Gasteiger partial charge is 0.478 e. The van der Waals surface area contributed by atoms with Gasteiger partial charge in [-0.1, -0.05) is 74.0 Å². The lowest BCUT2D eigenvalue weighted by atomic mass is 10.0. The van der Waals surface area contributed by atoms with Gasteiger partial charge >= 0.3 is 5.97 Å². The van der Waals surface area contributed by atoms with Gasteiger partial charge in [0, 0.05) is 17.7 Å². The maximum atomic E-state index is 12.9. The molecule has 0 fully saturated rings. The summed E-state index contributed by atoms with van der Waals surface area (Å²) in [5.74, 6) is -1.55. The van der Waals surface area contributed by atoms with E-state index in [9.17, 15) is 14.7 Å². The highest BCUT2D eigenvalue weighted by Crippen LogP contribution is 2.38. The maximum Gasteiger partial charge on any atom is 0.350 e. The van der Waals surface area contributed by atoms with Crippen molar-refractivity contribution in [2.45, 2.75) is 25.3 Å². The number of carbonyl (C=O) groups is 2. The molecule has 2 aromatic rings. The SMILES string of the molecule is CC(C)CC(=O)N(c1ccccc1)C(Cl)(C(=O)O)c1ccccc1. The number of hydrogen-bond acceptors (Lipinski definition) is 2. The standard InChI is InChI=1S/C19H20ClNO3/c1-14(2)13-17(22)21(16-11-7-4-8-12-16)19(20,18(23)24)15-9-5-3-6-10-15/h3-12,14H,13H2,1-2H3,(H,23,24). The molecular formula is C19H20ClNO3. The number of carboxylic acid groups (broad SMARTS) is 1. The van der Waals surface area contributed by atoms with Gasteiger partial charge in [0.15, 0.2) is 0 Å². The fourth-order valence-corrected chi connectivity index (χ4v) is 2.84. The Morgan fingerprint density at radius 1 is 1.04 bits per heavy atom. The third kappa shape index (κ3) is 3.60. The molecular weight excluding hydrogens is 326 g/mol. The van der Waals surface area contributed by atoms with Gasteiger partial charge in [-0.25, -0.2) is 4.79 Å². The van der Waals surface area contributed by atoms with Crippen molar-refractivity contribution in [3.05, 3.63) is 66.2 Å². The number of amides is 1. The van der Waals surface area contributed by atoms with Gasteiger partial charge in [-0.15, -0.1) is 0 Å². The molecule has 0 saturated heterocycles. The minimum absolute atomic E-state index is 0.0780. The Kier molecular flexibility index (Phi) is 5.62. The molecule has 0 aliphatic heterocycles. The summed E-state index contributed by atoms with van der Waals surface area (Å²) in [4.78, 5) is 24.1. The summed E-state index contributed by atoms with van der Waals surface area (Å²) in [6.45, 7) is 3.81. The second-order valence-corrected chi connectivity index (χ2v) is 6.50. The van der Waals surface area contributed by atoms with E-state index in [1.54, 1.807) is 60.7 Å². The van der Waals surface area contributed by atoms with Crippen molar-refractivity contribution in [1.82, 2.24) is 0 Å². The number of nitrogens with zero attached hydrogens (tertiary/aromatic N) is 1. The zero-order valence-electron chi connectivity index (χ0n) is 13.6. The number of aliphatic carboxylic acids is 1. The molecule has 126 valence electrons. The van der Waals surface area contributed by atoms with Crippen LogP contribution in [0.1, 0.15) is 25.8 Å². The lowest BCUT2D eigenvalue weighted by Crippen LogP contribution is -2.51. The third-order valence-corrected chi connectivity index (χ3v) is 4.14. The first-order valence-electron chi connectivity index (χ1n) is 7.73. The monoisotopic (exact) mass is 345 g/mol. The topological polar surface area (TPSA) is 57.6 Å². The molecule has 1 atom stereocenters. The molecule has 0 spiro atoms. The Hall–Kier alpha value is -2.33. The summed E-state index contributed by atoms with van der Waals surface area (Å²) in [5.41, 5.74) is 0.782. The van der Waals surface area contributed by atoms with E-state index in [2.05, 4.69) is 0 Å². The van der Waals surface area contributed by atoms with Gasteiger partial charge in [0.2, 0.25) is 10.9 Å². The van der Waals surface area contributed by atoms with Crippen LogP contribution in [0.4, 0.5) is 5.69 Å².